The number of fused-ring (bicyclic) bond motifs is 1. The van der Waals surface area contributed by atoms with Gasteiger partial charge >= 0.3 is 0 Å². The Bertz CT molecular complexity index is 1030. The summed E-state index contributed by atoms with van der Waals surface area (Å²) in [7, 11) is 0. The molecule has 6 heteroatoms. The van der Waals surface area contributed by atoms with E-state index >= 15 is 0 Å². The third-order valence-electron chi connectivity index (χ3n) is 6.95. The van der Waals surface area contributed by atoms with E-state index in [-0.39, 0.29) is 0 Å². The maximum atomic E-state index is 6.19. The molecule has 0 spiro atoms. The van der Waals surface area contributed by atoms with Crippen LogP contribution in [0.25, 0.3) is 11.1 Å². The summed E-state index contributed by atoms with van der Waals surface area (Å²) in [5.74, 6) is 1.21. The SMILES string of the molecule is Cc1cc2nc(N[C@@H](C[NH+]3CCC(Cc4ccc(Cl)c(Cl)c4)CC3)C(C)C)oc2cc1C. The van der Waals surface area contributed by atoms with Gasteiger partial charge in [-0.1, -0.05) is 43.1 Å². The number of likely N-dealkylation sites (tertiary alicyclic amines) is 1. The standard InChI is InChI=1S/C26H33Cl2N3O/c1-16(2)24(30-26-29-23-11-17(3)18(4)12-25(23)32-26)15-31-9-7-19(8-10-31)13-20-5-6-21(27)22(28)14-20/h5-6,11-12,14,16,19,24H,7-10,13,15H2,1-4H3,(H,29,30)/p+1/t24-/m0/s1. The highest BCUT2D eigenvalue weighted by molar-refractivity contribution is 6.42. The third-order valence-corrected chi connectivity index (χ3v) is 7.69. The minimum atomic E-state index is 0.326. The fourth-order valence-corrected chi connectivity index (χ4v) is 4.98. The van der Waals surface area contributed by atoms with Gasteiger partial charge < -0.3 is 14.6 Å². The van der Waals surface area contributed by atoms with E-state index in [1.54, 1.807) is 4.90 Å². The number of quaternary nitrogens is 1. The molecule has 0 aliphatic carbocycles. The van der Waals surface area contributed by atoms with E-state index in [0.717, 1.165) is 24.1 Å². The number of halogens is 2. The number of benzene rings is 2. The highest BCUT2D eigenvalue weighted by atomic mass is 35.5. The van der Waals surface area contributed by atoms with Crippen molar-refractivity contribution in [3.63, 3.8) is 0 Å². The van der Waals surface area contributed by atoms with Crippen LogP contribution in [0.1, 0.15) is 43.4 Å². The van der Waals surface area contributed by atoms with Crippen LogP contribution in [0, 0.1) is 25.7 Å². The smallest absolute Gasteiger partial charge is 0.296 e. The average Bonchev–Trinajstić information content (AvgIpc) is 3.13. The van der Waals surface area contributed by atoms with Crippen LogP contribution < -0.4 is 10.2 Å². The second-order valence-electron chi connectivity index (χ2n) is 9.77. The molecule has 0 unspecified atom stereocenters. The predicted octanol–water partition coefficient (Wildman–Crippen LogP) is 5.73. The van der Waals surface area contributed by atoms with E-state index in [4.69, 9.17) is 32.6 Å². The van der Waals surface area contributed by atoms with Gasteiger partial charge in [-0.3, -0.25) is 0 Å². The van der Waals surface area contributed by atoms with Crippen molar-refractivity contribution in [2.24, 2.45) is 11.8 Å². The number of piperidine rings is 1. The maximum absolute atomic E-state index is 6.19. The summed E-state index contributed by atoms with van der Waals surface area (Å²) in [6.07, 6.45) is 3.56. The number of aromatic nitrogens is 1. The van der Waals surface area contributed by atoms with Gasteiger partial charge in [0.1, 0.15) is 5.52 Å². The Kier molecular flexibility index (Phi) is 7.34. The van der Waals surface area contributed by atoms with Gasteiger partial charge in [-0.15, -0.1) is 0 Å². The molecular weight excluding hydrogens is 441 g/mol. The van der Waals surface area contributed by atoms with Gasteiger partial charge in [0.25, 0.3) is 6.01 Å². The van der Waals surface area contributed by atoms with Crippen LogP contribution in [0.2, 0.25) is 10.0 Å². The molecule has 2 N–H and O–H groups in total. The van der Waals surface area contributed by atoms with Gasteiger partial charge in [-0.05, 0) is 85.9 Å². The molecule has 1 aromatic heterocycles. The van der Waals surface area contributed by atoms with E-state index in [0.29, 0.717) is 33.9 Å². The summed E-state index contributed by atoms with van der Waals surface area (Å²) >= 11 is 12.3. The van der Waals surface area contributed by atoms with Crippen molar-refractivity contribution in [2.45, 2.75) is 53.0 Å². The lowest BCUT2D eigenvalue weighted by atomic mass is 9.89. The summed E-state index contributed by atoms with van der Waals surface area (Å²) < 4.78 is 6.02. The molecular formula is C26H34Cl2N3O+. The maximum Gasteiger partial charge on any atom is 0.296 e. The zero-order valence-corrected chi connectivity index (χ0v) is 21.0. The van der Waals surface area contributed by atoms with E-state index in [9.17, 15) is 0 Å². The molecule has 2 aromatic carbocycles. The molecule has 172 valence electrons. The molecule has 4 nitrogen and oxygen atoms in total. The predicted molar refractivity (Wildman–Crippen MR) is 134 cm³/mol. The van der Waals surface area contributed by atoms with Gasteiger partial charge in [0.15, 0.2) is 5.58 Å². The van der Waals surface area contributed by atoms with E-state index in [1.165, 1.54) is 42.6 Å². The van der Waals surface area contributed by atoms with E-state index in [1.807, 2.05) is 12.1 Å². The van der Waals surface area contributed by atoms with Crippen LogP contribution >= 0.6 is 23.2 Å². The summed E-state index contributed by atoms with van der Waals surface area (Å²) in [4.78, 5) is 6.35. The summed E-state index contributed by atoms with van der Waals surface area (Å²) in [6.45, 7) is 12.2. The Morgan fingerprint density at radius 2 is 1.78 bits per heavy atom. The number of nitrogens with one attached hydrogen (secondary N) is 2. The van der Waals surface area contributed by atoms with Crippen molar-refractivity contribution in [1.29, 1.82) is 0 Å². The number of nitrogens with zero attached hydrogens (tertiary/aromatic N) is 1. The van der Waals surface area contributed by atoms with Crippen LogP contribution in [0.5, 0.6) is 0 Å². The molecule has 3 aromatic rings. The molecule has 0 radical (unpaired) electrons. The first-order valence-electron chi connectivity index (χ1n) is 11.7. The van der Waals surface area contributed by atoms with Crippen molar-refractivity contribution in [2.75, 3.05) is 25.0 Å². The van der Waals surface area contributed by atoms with Crippen LogP contribution in [-0.2, 0) is 6.42 Å². The fraction of sp³-hybridized carbons (Fsp3) is 0.500. The van der Waals surface area contributed by atoms with Gasteiger partial charge in [-0.2, -0.15) is 4.98 Å². The van der Waals surface area contributed by atoms with Gasteiger partial charge in [0.05, 0.1) is 35.7 Å². The highest BCUT2D eigenvalue weighted by Gasteiger charge is 2.27. The topological polar surface area (TPSA) is 42.5 Å². The first-order valence-corrected chi connectivity index (χ1v) is 12.5. The quantitative estimate of drug-likeness (QED) is 0.459. The zero-order chi connectivity index (χ0) is 22.8. The van der Waals surface area contributed by atoms with Crippen LogP contribution in [0.3, 0.4) is 0 Å². The molecule has 1 saturated heterocycles. The monoisotopic (exact) mass is 474 g/mol. The fourth-order valence-electron chi connectivity index (χ4n) is 4.66. The van der Waals surface area contributed by atoms with Gasteiger partial charge in [0, 0.05) is 0 Å². The molecule has 0 amide bonds. The minimum Gasteiger partial charge on any atom is -0.424 e. The number of aryl methyl sites for hydroxylation is 2. The first kappa shape index (κ1) is 23.4. The molecule has 1 fully saturated rings. The third kappa shape index (κ3) is 5.59. The lowest BCUT2D eigenvalue weighted by Gasteiger charge is -2.33. The molecule has 1 aliphatic rings. The number of oxazole rings is 1. The first-order chi connectivity index (χ1) is 15.3. The lowest BCUT2D eigenvalue weighted by Crippen LogP contribution is -3.14. The Labute approximate surface area is 201 Å². The minimum absolute atomic E-state index is 0.326. The Balaban J connectivity index is 1.33. The van der Waals surface area contributed by atoms with Gasteiger partial charge in [-0.25, -0.2) is 0 Å². The molecule has 1 atom stereocenters. The molecule has 32 heavy (non-hydrogen) atoms. The summed E-state index contributed by atoms with van der Waals surface area (Å²) in [6, 6.07) is 11.2. The normalized spacial score (nSPS) is 20.1. The largest absolute Gasteiger partial charge is 0.424 e. The Morgan fingerprint density at radius 1 is 1.06 bits per heavy atom. The van der Waals surface area contributed by atoms with Crippen molar-refractivity contribution in [3.8, 4) is 0 Å². The zero-order valence-electron chi connectivity index (χ0n) is 19.5. The second kappa shape index (κ2) is 10.0. The lowest BCUT2D eigenvalue weighted by molar-refractivity contribution is -0.907. The van der Waals surface area contributed by atoms with Crippen LogP contribution in [-0.4, -0.2) is 30.7 Å². The van der Waals surface area contributed by atoms with Crippen molar-refractivity contribution >= 4 is 40.3 Å². The van der Waals surface area contributed by atoms with E-state index in [2.05, 4.69) is 51.2 Å². The van der Waals surface area contributed by atoms with Crippen LogP contribution in [0.15, 0.2) is 34.7 Å². The molecule has 0 saturated carbocycles. The Hall–Kier alpha value is -1.75. The molecule has 2 heterocycles. The van der Waals surface area contributed by atoms with E-state index < -0.39 is 0 Å². The molecule has 4 rings (SSSR count). The van der Waals surface area contributed by atoms with Crippen molar-refractivity contribution in [1.82, 2.24) is 4.98 Å². The van der Waals surface area contributed by atoms with Crippen molar-refractivity contribution in [3.05, 3.63) is 57.1 Å². The summed E-state index contributed by atoms with van der Waals surface area (Å²) in [5.41, 5.74) is 5.54. The molecule has 0 bridgehead atoms. The second-order valence-corrected chi connectivity index (χ2v) is 10.6. The average molecular weight is 475 g/mol. The number of anilines is 1. The van der Waals surface area contributed by atoms with Crippen LogP contribution in [0.4, 0.5) is 6.01 Å². The number of hydrogen-bond acceptors (Lipinski definition) is 3. The summed E-state index contributed by atoms with van der Waals surface area (Å²) in [5, 5.41) is 4.88. The molecule has 1 aliphatic heterocycles. The number of hydrogen-bond donors (Lipinski definition) is 2. The Morgan fingerprint density at radius 3 is 2.47 bits per heavy atom. The van der Waals surface area contributed by atoms with Crippen molar-refractivity contribution < 1.29 is 9.32 Å². The van der Waals surface area contributed by atoms with Gasteiger partial charge in [0.2, 0.25) is 0 Å². The highest BCUT2D eigenvalue weighted by Crippen LogP contribution is 2.26. The number of rotatable bonds is 7.